The number of nitrogens with zero attached hydrogens (tertiary/aromatic N) is 1. The molecule has 2 N–H and O–H groups in total. The van der Waals surface area contributed by atoms with E-state index in [2.05, 4.69) is 15.6 Å². The van der Waals surface area contributed by atoms with Crippen molar-refractivity contribution < 1.29 is 19.1 Å². The Bertz CT molecular complexity index is 1300. The fourth-order valence-corrected chi connectivity index (χ4v) is 3.32. The number of anilines is 2. The van der Waals surface area contributed by atoms with Gasteiger partial charge in [0, 0.05) is 22.3 Å². The number of benzene rings is 3. The van der Waals surface area contributed by atoms with Crippen molar-refractivity contribution in [2.75, 3.05) is 24.4 Å². The number of fused-ring (bicyclic) bond motifs is 1. The van der Waals surface area contributed by atoms with Crippen molar-refractivity contribution in [1.82, 2.24) is 4.98 Å². The summed E-state index contributed by atoms with van der Waals surface area (Å²) in [5, 5.41) is 6.53. The van der Waals surface area contributed by atoms with Gasteiger partial charge in [0.1, 0.15) is 17.0 Å². The molecule has 2 amide bonds. The van der Waals surface area contributed by atoms with Gasteiger partial charge in [0.05, 0.1) is 12.8 Å². The van der Waals surface area contributed by atoms with Crippen molar-refractivity contribution in [2.45, 2.75) is 6.92 Å². The smallest absolute Gasteiger partial charge is 0.262 e. The van der Waals surface area contributed by atoms with Crippen molar-refractivity contribution in [3.8, 4) is 11.5 Å². The van der Waals surface area contributed by atoms with Crippen LogP contribution in [0.25, 0.3) is 10.9 Å². The number of nitrogens with one attached hydrogen (secondary N) is 2. The lowest BCUT2D eigenvalue weighted by Crippen LogP contribution is -2.20. The van der Waals surface area contributed by atoms with Crippen LogP contribution in [0.3, 0.4) is 0 Å². The van der Waals surface area contributed by atoms with Crippen LogP contribution >= 0.6 is 0 Å². The van der Waals surface area contributed by atoms with E-state index in [-0.39, 0.29) is 18.4 Å². The Kier molecular flexibility index (Phi) is 6.50. The monoisotopic (exact) mass is 441 g/mol. The predicted molar refractivity (Wildman–Crippen MR) is 128 cm³/mol. The Morgan fingerprint density at radius 3 is 2.39 bits per heavy atom. The molecule has 0 unspecified atom stereocenters. The molecule has 33 heavy (non-hydrogen) atoms. The number of pyridine rings is 1. The molecule has 0 aliphatic heterocycles. The molecule has 0 saturated carbocycles. The number of rotatable bonds is 7. The molecule has 0 aliphatic rings. The van der Waals surface area contributed by atoms with E-state index in [1.54, 1.807) is 49.6 Å². The van der Waals surface area contributed by atoms with Gasteiger partial charge >= 0.3 is 0 Å². The first-order valence-electron chi connectivity index (χ1n) is 10.4. The zero-order chi connectivity index (χ0) is 23.2. The number of ether oxygens (including phenoxy) is 2. The Morgan fingerprint density at radius 1 is 0.848 bits per heavy atom. The van der Waals surface area contributed by atoms with Crippen LogP contribution in [-0.2, 0) is 4.79 Å². The first-order valence-corrected chi connectivity index (χ1v) is 10.4. The highest BCUT2D eigenvalue weighted by Crippen LogP contribution is 2.25. The van der Waals surface area contributed by atoms with Crippen LogP contribution in [0, 0.1) is 6.92 Å². The third-order valence-corrected chi connectivity index (χ3v) is 4.97. The summed E-state index contributed by atoms with van der Waals surface area (Å²) in [5.74, 6) is 0.534. The summed E-state index contributed by atoms with van der Waals surface area (Å²) in [6, 6.07) is 23.3. The van der Waals surface area contributed by atoms with Crippen molar-refractivity contribution in [1.29, 1.82) is 0 Å². The van der Waals surface area contributed by atoms with Crippen LogP contribution in [0.15, 0.2) is 78.9 Å². The number of carbonyl (C=O) groups is 2. The quantitative estimate of drug-likeness (QED) is 0.429. The summed E-state index contributed by atoms with van der Waals surface area (Å²) in [6.07, 6.45) is 0. The molecule has 4 aromatic rings. The minimum atomic E-state index is -0.314. The molecule has 1 aromatic heterocycles. The number of methoxy groups -OCH3 is 1. The van der Waals surface area contributed by atoms with Crippen LogP contribution in [0.1, 0.15) is 16.1 Å². The molecular weight excluding hydrogens is 418 g/mol. The number of hydrogen-bond acceptors (Lipinski definition) is 5. The second-order valence-corrected chi connectivity index (χ2v) is 7.35. The molecule has 3 aromatic carbocycles. The maximum atomic E-state index is 12.5. The minimum Gasteiger partial charge on any atom is -0.495 e. The molecule has 0 spiro atoms. The minimum absolute atomic E-state index is 0.162. The highest BCUT2D eigenvalue weighted by molar-refractivity contribution is 6.05. The average molecular weight is 441 g/mol. The van der Waals surface area contributed by atoms with E-state index in [1.165, 1.54) is 0 Å². The first kappa shape index (κ1) is 21.8. The van der Waals surface area contributed by atoms with Gasteiger partial charge in [-0.1, -0.05) is 30.3 Å². The number of para-hydroxylation sites is 3. The molecule has 0 fully saturated rings. The topological polar surface area (TPSA) is 89.6 Å². The fourth-order valence-electron chi connectivity index (χ4n) is 3.32. The van der Waals surface area contributed by atoms with Crippen LogP contribution in [0.4, 0.5) is 11.4 Å². The molecule has 0 radical (unpaired) electrons. The molecule has 1 heterocycles. The summed E-state index contributed by atoms with van der Waals surface area (Å²) in [4.78, 5) is 29.4. The lowest BCUT2D eigenvalue weighted by Gasteiger charge is -2.11. The summed E-state index contributed by atoms with van der Waals surface area (Å²) >= 11 is 0. The van der Waals surface area contributed by atoms with Crippen LogP contribution in [0.5, 0.6) is 11.5 Å². The molecule has 7 heteroatoms. The Morgan fingerprint density at radius 2 is 1.61 bits per heavy atom. The number of aromatic nitrogens is 1. The standard InChI is InChI=1S/C26H23N3O4/c1-17-10-11-18-6-5-9-23(25(18)27-17)33-16-24(30)28-20-14-12-19(13-15-20)26(31)29-21-7-3-4-8-22(21)32-2/h3-15H,16H2,1-2H3,(H,28,30)(H,29,31). The molecule has 0 aliphatic carbocycles. The van der Waals surface area contributed by atoms with Crippen LogP contribution in [-0.4, -0.2) is 30.5 Å². The lowest BCUT2D eigenvalue weighted by molar-refractivity contribution is -0.118. The van der Waals surface area contributed by atoms with Gasteiger partial charge in [0.15, 0.2) is 6.61 Å². The molecule has 166 valence electrons. The third-order valence-electron chi connectivity index (χ3n) is 4.97. The van der Waals surface area contributed by atoms with Gasteiger partial charge < -0.3 is 20.1 Å². The Labute approximate surface area is 191 Å². The van der Waals surface area contributed by atoms with Crippen LogP contribution in [0.2, 0.25) is 0 Å². The van der Waals surface area contributed by atoms with E-state index in [9.17, 15) is 9.59 Å². The van der Waals surface area contributed by atoms with Gasteiger partial charge in [0.25, 0.3) is 11.8 Å². The van der Waals surface area contributed by atoms with E-state index in [4.69, 9.17) is 9.47 Å². The number of hydrogen-bond donors (Lipinski definition) is 2. The number of carbonyl (C=O) groups excluding carboxylic acids is 2. The second kappa shape index (κ2) is 9.82. The van der Waals surface area contributed by atoms with E-state index in [0.717, 1.165) is 16.6 Å². The Balaban J connectivity index is 1.36. The number of aryl methyl sites for hydroxylation is 1. The van der Waals surface area contributed by atoms with Gasteiger partial charge in [-0.2, -0.15) is 0 Å². The summed E-state index contributed by atoms with van der Waals surface area (Å²) in [7, 11) is 1.55. The maximum absolute atomic E-state index is 12.5. The van der Waals surface area contributed by atoms with E-state index >= 15 is 0 Å². The third kappa shape index (κ3) is 5.27. The van der Waals surface area contributed by atoms with Crippen molar-refractivity contribution in [3.05, 3.63) is 90.1 Å². The summed E-state index contributed by atoms with van der Waals surface area (Å²) in [6.45, 7) is 1.74. The van der Waals surface area contributed by atoms with Crippen LogP contribution < -0.4 is 20.1 Å². The zero-order valence-electron chi connectivity index (χ0n) is 18.3. The van der Waals surface area contributed by atoms with Gasteiger partial charge in [-0.15, -0.1) is 0 Å². The van der Waals surface area contributed by atoms with Crippen molar-refractivity contribution >= 4 is 34.1 Å². The van der Waals surface area contributed by atoms with Gasteiger partial charge in [0.2, 0.25) is 0 Å². The molecule has 0 atom stereocenters. The Hall–Kier alpha value is -4.39. The summed E-state index contributed by atoms with van der Waals surface area (Å²) in [5.41, 5.74) is 3.18. The molecule has 0 saturated heterocycles. The van der Waals surface area contributed by atoms with E-state index in [1.807, 2.05) is 43.3 Å². The molecule has 7 nitrogen and oxygen atoms in total. The van der Waals surface area contributed by atoms with Crippen molar-refractivity contribution in [3.63, 3.8) is 0 Å². The SMILES string of the molecule is COc1ccccc1NC(=O)c1ccc(NC(=O)COc2cccc3ccc(C)nc23)cc1. The lowest BCUT2D eigenvalue weighted by atomic mass is 10.2. The highest BCUT2D eigenvalue weighted by atomic mass is 16.5. The molecule has 0 bridgehead atoms. The maximum Gasteiger partial charge on any atom is 0.262 e. The predicted octanol–water partition coefficient (Wildman–Crippen LogP) is 4.82. The zero-order valence-corrected chi connectivity index (χ0v) is 18.3. The van der Waals surface area contributed by atoms with Gasteiger partial charge in [-0.05, 0) is 55.5 Å². The number of amides is 2. The highest BCUT2D eigenvalue weighted by Gasteiger charge is 2.11. The summed E-state index contributed by atoms with van der Waals surface area (Å²) < 4.78 is 11.0. The van der Waals surface area contributed by atoms with E-state index < -0.39 is 0 Å². The van der Waals surface area contributed by atoms with Gasteiger partial charge in [-0.25, -0.2) is 4.98 Å². The largest absolute Gasteiger partial charge is 0.495 e. The normalized spacial score (nSPS) is 10.5. The molecular formula is C26H23N3O4. The average Bonchev–Trinajstić information content (AvgIpc) is 2.83. The molecule has 4 rings (SSSR count). The van der Waals surface area contributed by atoms with E-state index in [0.29, 0.717) is 28.4 Å². The fraction of sp³-hybridized carbons (Fsp3) is 0.115. The second-order valence-electron chi connectivity index (χ2n) is 7.35. The van der Waals surface area contributed by atoms with Gasteiger partial charge in [-0.3, -0.25) is 9.59 Å². The first-order chi connectivity index (χ1) is 16.0. The van der Waals surface area contributed by atoms with Crippen molar-refractivity contribution in [2.24, 2.45) is 0 Å².